The third kappa shape index (κ3) is 4.13. The highest BCUT2D eigenvalue weighted by Gasteiger charge is 1.97. The average Bonchev–Trinajstić information content (AvgIpc) is 2.90. The van der Waals surface area contributed by atoms with Crippen LogP contribution in [0.25, 0.3) is 0 Å². The van der Waals surface area contributed by atoms with Gasteiger partial charge >= 0.3 is 0 Å². The van der Waals surface area contributed by atoms with Crippen LogP contribution in [0.1, 0.15) is 18.2 Å². The number of nitrogens with one attached hydrogen (secondary N) is 1. The SMILES string of the molecule is CCOc1ccc(CNCCc2cscn2)cc1. The molecule has 0 saturated carbocycles. The van der Waals surface area contributed by atoms with Gasteiger partial charge < -0.3 is 10.1 Å². The van der Waals surface area contributed by atoms with Crippen molar-refractivity contribution in [1.29, 1.82) is 0 Å². The van der Waals surface area contributed by atoms with Crippen LogP contribution in [0.3, 0.4) is 0 Å². The summed E-state index contributed by atoms with van der Waals surface area (Å²) in [7, 11) is 0. The molecule has 1 aromatic heterocycles. The van der Waals surface area contributed by atoms with E-state index in [4.69, 9.17) is 4.74 Å². The Morgan fingerprint density at radius 3 is 2.78 bits per heavy atom. The zero-order valence-electron chi connectivity index (χ0n) is 10.6. The lowest BCUT2D eigenvalue weighted by Crippen LogP contribution is -2.16. The maximum absolute atomic E-state index is 5.41. The molecule has 3 nitrogen and oxygen atoms in total. The number of rotatable bonds is 7. The molecule has 0 atom stereocenters. The molecule has 2 aromatic rings. The van der Waals surface area contributed by atoms with E-state index in [1.54, 1.807) is 11.3 Å². The summed E-state index contributed by atoms with van der Waals surface area (Å²) in [6.07, 6.45) is 0.987. The lowest BCUT2D eigenvalue weighted by atomic mass is 10.2. The number of ether oxygens (including phenoxy) is 1. The average molecular weight is 262 g/mol. The Bertz CT molecular complexity index is 439. The van der Waals surface area contributed by atoms with Gasteiger partial charge in [-0.05, 0) is 24.6 Å². The minimum absolute atomic E-state index is 0.714. The van der Waals surface area contributed by atoms with Gasteiger partial charge in [0.1, 0.15) is 5.75 Å². The molecule has 0 amide bonds. The van der Waals surface area contributed by atoms with Crippen LogP contribution in [-0.4, -0.2) is 18.1 Å². The van der Waals surface area contributed by atoms with Gasteiger partial charge in [-0.25, -0.2) is 4.98 Å². The lowest BCUT2D eigenvalue weighted by molar-refractivity contribution is 0.340. The van der Waals surface area contributed by atoms with Gasteiger partial charge in [-0.1, -0.05) is 12.1 Å². The third-order valence-corrected chi connectivity index (χ3v) is 3.24. The number of hydrogen-bond donors (Lipinski definition) is 1. The van der Waals surface area contributed by atoms with Crippen molar-refractivity contribution in [3.05, 3.63) is 46.4 Å². The molecule has 0 unspecified atom stereocenters. The Labute approximate surface area is 112 Å². The molecule has 0 aliphatic carbocycles. The molecule has 96 valence electrons. The molecule has 0 saturated heterocycles. The summed E-state index contributed by atoms with van der Waals surface area (Å²) >= 11 is 1.65. The van der Waals surface area contributed by atoms with E-state index in [1.165, 1.54) is 11.3 Å². The molecule has 0 aliphatic heterocycles. The van der Waals surface area contributed by atoms with Crippen molar-refractivity contribution in [3.8, 4) is 5.75 Å². The highest BCUT2D eigenvalue weighted by atomic mass is 32.1. The Balaban J connectivity index is 1.69. The van der Waals surface area contributed by atoms with E-state index in [-0.39, 0.29) is 0 Å². The Kier molecular flexibility index (Phi) is 5.17. The first-order valence-corrected chi connectivity index (χ1v) is 7.12. The van der Waals surface area contributed by atoms with E-state index in [0.29, 0.717) is 6.61 Å². The molecule has 4 heteroatoms. The summed E-state index contributed by atoms with van der Waals surface area (Å²) in [6, 6.07) is 8.23. The van der Waals surface area contributed by atoms with Gasteiger partial charge in [-0.15, -0.1) is 11.3 Å². The highest BCUT2D eigenvalue weighted by Crippen LogP contribution is 2.11. The molecule has 0 bridgehead atoms. The van der Waals surface area contributed by atoms with Gasteiger partial charge in [0.2, 0.25) is 0 Å². The quantitative estimate of drug-likeness (QED) is 0.779. The monoisotopic (exact) mass is 262 g/mol. The maximum atomic E-state index is 5.41. The van der Waals surface area contributed by atoms with E-state index in [9.17, 15) is 0 Å². The third-order valence-electron chi connectivity index (χ3n) is 2.60. The molecular formula is C14H18N2OS. The Morgan fingerprint density at radius 1 is 1.28 bits per heavy atom. The van der Waals surface area contributed by atoms with E-state index >= 15 is 0 Å². The van der Waals surface area contributed by atoms with Crippen molar-refractivity contribution in [2.75, 3.05) is 13.2 Å². The lowest BCUT2D eigenvalue weighted by Gasteiger charge is -2.06. The van der Waals surface area contributed by atoms with E-state index in [1.807, 2.05) is 24.6 Å². The fourth-order valence-electron chi connectivity index (χ4n) is 1.68. The van der Waals surface area contributed by atoms with Crippen molar-refractivity contribution >= 4 is 11.3 Å². The first-order valence-electron chi connectivity index (χ1n) is 6.18. The van der Waals surface area contributed by atoms with Crippen LogP contribution in [0.15, 0.2) is 35.2 Å². The van der Waals surface area contributed by atoms with Crippen LogP contribution >= 0.6 is 11.3 Å². The number of aromatic nitrogens is 1. The molecule has 18 heavy (non-hydrogen) atoms. The summed E-state index contributed by atoms with van der Waals surface area (Å²) in [6.45, 7) is 4.55. The molecule has 0 radical (unpaired) electrons. The van der Waals surface area contributed by atoms with E-state index in [0.717, 1.165) is 25.3 Å². The van der Waals surface area contributed by atoms with Gasteiger partial charge in [0.15, 0.2) is 0 Å². The predicted octanol–water partition coefficient (Wildman–Crippen LogP) is 2.87. The maximum Gasteiger partial charge on any atom is 0.119 e. The van der Waals surface area contributed by atoms with Gasteiger partial charge in [0.25, 0.3) is 0 Å². The largest absolute Gasteiger partial charge is 0.494 e. The number of thiazole rings is 1. The summed E-state index contributed by atoms with van der Waals surface area (Å²) < 4.78 is 5.41. The Morgan fingerprint density at radius 2 is 2.11 bits per heavy atom. The summed E-state index contributed by atoms with van der Waals surface area (Å²) in [5.74, 6) is 0.934. The van der Waals surface area contributed by atoms with Crippen molar-refractivity contribution in [2.45, 2.75) is 19.9 Å². The number of benzene rings is 1. The zero-order chi connectivity index (χ0) is 12.6. The second-order valence-electron chi connectivity index (χ2n) is 3.98. The van der Waals surface area contributed by atoms with Crippen LogP contribution < -0.4 is 10.1 Å². The van der Waals surface area contributed by atoms with Crippen LogP contribution in [-0.2, 0) is 13.0 Å². The van der Waals surface area contributed by atoms with Crippen LogP contribution in [0.5, 0.6) is 5.75 Å². The number of hydrogen-bond acceptors (Lipinski definition) is 4. The molecule has 0 fully saturated rings. The summed E-state index contributed by atoms with van der Waals surface area (Å²) in [4.78, 5) is 4.25. The molecular weight excluding hydrogens is 244 g/mol. The fourth-order valence-corrected chi connectivity index (χ4v) is 2.27. The summed E-state index contributed by atoms with van der Waals surface area (Å²) in [5, 5.41) is 5.51. The van der Waals surface area contributed by atoms with Gasteiger partial charge in [-0.2, -0.15) is 0 Å². The van der Waals surface area contributed by atoms with E-state index < -0.39 is 0 Å². The number of nitrogens with zero attached hydrogens (tertiary/aromatic N) is 1. The minimum Gasteiger partial charge on any atom is -0.494 e. The van der Waals surface area contributed by atoms with Crippen molar-refractivity contribution in [1.82, 2.24) is 10.3 Å². The molecule has 1 aromatic carbocycles. The van der Waals surface area contributed by atoms with Crippen LogP contribution in [0.2, 0.25) is 0 Å². The smallest absolute Gasteiger partial charge is 0.119 e. The first-order chi connectivity index (χ1) is 8.88. The van der Waals surface area contributed by atoms with E-state index in [2.05, 4.69) is 27.8 Å². The summed E-state index contributed by atoms with van der Waals surface area (Å²) in [5.41, 5.74) is 4.32. The molecule has 2 rings (SSSR count). The molecule has 1 N–H and O–H groups in total. The molecule has 0 aliphatic rings. The van der Waals surface area contributed by atoms with Crippen molar-refractivity contribution < 1.29 is 4.74 Å². The van der Waals surface area contributed by atoms with Crippen molar-refractivity contribution in [3.63, 3.8) is 0 Å². The van der Waals surface area contributed by atoms with Gasteiger partial charge in [-0.3, -0.25) is 0 Å². The molecule has 1 heterocycles. The second kappa shape index (κ2) is 7.13. The topological polar surface area (TPSA) is 34.1 Å². The first kappa shape index (κ1) is 13.1. The second-order valence-corrected chi connectivity index (χ2v) is 4.70. The van der Waals surface area contributed by atoms with Gasteiger partial charge in [0.05, 0.1) is 17.8 Å². The highest BCUT2D eigenvalue weighted by molar-refractivity contribution is 7.07. The zero-order valence-corrected chi connectivity index (χ0v) is 11.4. The Hall–Kier alpha value is -1.39. The van der Waals surface area contributed by atoms with Gasteiger partial charge in [0, 0.05) is 24.9 Å². The normalized spacial score (nSPS) is 10.5. The fraction of sp³-hybridized carbons (Fsp3) is 0.357. The predicted molar refractivity (Wildman–Crippen MR) is 75.1 cm³/mol. The van der Waals surface area contributed by atoms with Crippen LogP contribution in [0, 0.1) is 0 Å². The minimum atomic E-state index is 0.714. The standard InChI is InChI=1S/C14H18N2OS/c1-2-17-14-5-3-12(4-6-14)9-15-8-7-13-10-18-11-16-13/h3-6,10-11,15H,2,7-9H2,1H3. The van der Waals surface area contributed by atoms with Crippen LogP contribution in [0.4, 0.5) is 0 Å². The van der Waals surface area contributed by atoms with Crippen molar-refractivity contribution in [2.24, 2.45) is 0 Å². The molecule has 0 spiro atoms.